The van der Waals surface area contributed by atoms with Crippen LogP contribution in [0.15, 0.2) is 29.8 Å². The van der Waals surface area contributed by atoms with E-state index >= 15 is 0 Å². The largest absolute Gasteiger partial charge is 0.377 e. The maximum atomic E-state index is 13.3. The Balaban J connectivity index is 1.57. The molecule has 0 aliphatic carbocycles. The number of aryl methyl sites for hydroxylation is 1. The van der Waals surface area contributed by atoms with Crippen LogP contribution in [0.3, 0.4) is 0 Å². The van der Waals surface area contributed by atoms with E-state index in [0.29, 0.717) is 30.3 Å². The summed E-state index contributed by atoms with van der Waals surface area (Å²) in [7, 11) is 0. The van der Waals surface area contributed by atoms with Gasteiger partial charge < -0.3 is 14.2 Å². The molecule has 7 nitrogen and oxygen atoms in total. The van der Waals surface area contributed by atoms with Crippen LogP contribution in [0, 0.1) is 6.92 Å². The minimum absolute atomic E-state index is 0.0907. The minimum atomic E-state index is -0.289. The summed E-state index contributed by atoms with van der Waals surface area (Å²) in [6.07, 6.45) is 1.75. The number of thiazole rings is 1. The van der Waals surface area contributed by atoms with Gasteiger partial charge in [0.15, 0.2) is 16.7 Å². The second-order valence-corrected chi connectivity index (χ2v) is 7.96. The van der Waals surface area contributed by atoms with Gasteiger partial charge in [0.2, 0.25) is 0 Å². The Morgan fingerprint density at radius 2 is 2.22 bits per heavy atom. The average Bonchev–Trinajstić information content (AvgIpc) is 3.32. The van der Waals surface area contributed by atoms with Gasteiger partial charge in [-0.25, -0.2) is 4.98 Å². The van der Waals surface area contributed by atoms with E-state index in [1.54, 1.807) is 12.3 Å². The first-order valence-corrected chi connectivity index (χ1v) is 9.89. The van der Waals surface area contributed by atoms with Gasteiger partial charge in [-0.3, -0.25) is 4.79 Å². The summed E-state index contributed by atoms with van der Waals surface area (Å²) in [6, 6.07) is 5.14. The Bertz CT molecular complexity index is 1020. The predicted molar refractivity (Wildman–Crippen MR) is 101 cm³/mol. The van der Waals surface area contributed by atoms with Crippen molar-refractivity contribution >= 4 is 28.8 Å². The lowest BCUT2D eigenvalue weighted by atomic mass is 10.0. The third-order valence-corrected chi connectivity index (χ3v) is 6.34. The highest BCUT2D eigenvalue weighted by Crippen LogP contribution is 2.37. The van der Waals surface area contributed by atoms with E-state index in [9.17, 15) is 4.79 Å². The normalized spacial score (nSPS) is 21.2. The van der Waals surface area contributed by atoms with Gasteiger partial charge in [-0.2, -0.15) is 0 Å². The molecule has 1 aromatic carbocycles. The maximum Gasteiger partial charge on any atom is 0.256 e. The topological polar surface area (TPSA) is 73.1 Å². The van der Waals surface area contributed by atoms with Crippen LogP contribution in [0.5, 0.6) is 0 Å². The Morgan fingerprint density at radius 1 is 1.33 bits per heavy atom. The summed E-state index contributed by atoms with van der Waals surface area (Å²) < 4.78 is 7.81. The summed E-state index contributed by atoms with van der Waals surface area (Å²) >= 11 is 7.94. The number of morpholine rings is 1. The number of amides is 1. The summed E-state index contributed by atoms with van der Waals surface area (Å²) in [4.78, 5) is 19.6. The van der Waals surface area contributed by atoms with Gasteiger partial charge in [0.05, 0.1) is 29.8 Å². The molecule has 0 N–H and O–H groups in total. The van der Waals surface area contributed by atoms with Gasteiger partial charge in [-0.05, 0) is 18.6 Å². The Kier molecular flexibility index (Phi) is 3.99. The fourth-order valence-electron chi connectivity index (χ4n) is 3.77. The Hall–Kier alpha value is -2.29. The number of fused-ring (bicyclic) bond motifs is 4. The van der Waals surface area contributed by atoms with Gasteiger partial charge in [0.25, 0.3) is 5.91 Å². The molecule has 4 heterocycles. The van der Waals surface area contributed by atoms with Crippen LogP contribution in [0.25, 0.3) is 10.8 Å². The molecule has 9 heteroatoms. The smallest absolute Gasteiger partial charge is 0.256 e. The molecule has 0 radical (unpaired) electrons. The molecule has 138 valence electrons. The Morgan fingerprint density at radius 3 is 3.04 bits per heavy atom. The summed E-state index contributed by atoms with van der Waals surface area (Å²) in [6.45, 7) is 3.33. The summed E-state index contributed by atoms with van der Waals surface area (Å²) in [5.41, 5.74) is 1.40. The van der Waals surface area contributed by atoms with Crippen molar-refractivity contribution in [3.05, 3.63) is 51.7 Å². The van der Waals surface area contributed by atoms with E-state index in [4.69, 9.17) is 16.3 Å². The molecule has 1 fully saturated rings. The molecule has 1 saturated heterocycles. The fraction of sp³-hybridized carbons (Fsp3) is 0.333. The number of benzene rings is 1. The number of carbonyl (C=O) groups excluding carboxylic acids is 1. The molecule has 0 unspecified atom stereocenters. The molecule has 2 aliphatic heterocycles. The van der Waals surface area contributed by atoms with Crippen LogP contribution in [0.4, 0.5) is 0 Å². The number of rotatable bonds is 2. The quantitative estimate of drug-likeness (QED) is 0.660. The number of nitrogens with zero attached hydrogens (tertiary/aromatic N) is 5. The van der Waals surface area contributed by atoms with Crippen molar-refractivity contribution in [1.82, 2.24) is 24.6 Å². The van der Waals surface area contributed by atoms with Gasteiger partial charge in [-0.1, -0.05) is 23.7 Å². The molecule has 2 atom stereocenters. The first-order valence-electron chi connectivity index (χ1n) is 8.63. The minimum Gasteiger partial charge on any atom is -0.377 e. The molecule has 3 aromatic rings. The summed E-state index contributed by atoms with van der Waals surface area (Å²) in [5, 5.41) is 12.0. The molecule has 1 amide bonds. The van der Waals surface area contributed by atoms with Crippen LogP contribution in [0.2, 0.25) is 5.02 Å². The number of hydrogen-bond acceptors (Lipinski definition) is 6. The number of hydrogen-bond donors (Lipinski definition) is 0. The van der Waals surface area contributed by atoms with Gasteiger partial charge >= 0.3 is 0 Å². The molecule has 27 heavy (non-hydrogen) atoms. The number of carbonyl (C=O) groups is 1. The zero-order chi connectivity index (χ0) is 18.5. The van der Waals surface area contributed by atoms with Crippen molar-refractivity contribution in [2.45, 2.75) is 25.6 Å². The second kappa shape index (κ2) is 6.40. The van der Waals surface area contributed by atoms with E-state index in [1.807, 2.05) is 29.3 Å². The van der Waals surface area contributed by atoms with E-state index in [-0.39, 0.29) is 18.0 Å². The average molecular weight is 402 g/mol. The summed E-state index contributed by atoms with van der Waals surface area (Å²) in [5.74, 6) is 1.39. The highest BCUT2D eigenvalue weighted by molar-refractivity contribution is 7.13. The second-order valence-electron chi connectivity index (χ2n) is 6.69. The van der Waals surface area contributed by atoms with Gasteiger partial charge in [0, 0.05) is 18.1 Å². The van der Waals surface area contributed by atoms with E-state index in [1.165, 1.54) is 11.3 Å². The zero-order valence-electron chi connectivity index (χ0n) is 14.5. The highest BCUT2D eigenvalue weighted by Gasteiger charge is 2.44. The van der Waals surface area contributed by atoms with Crippen molar-refractivity contribution in [3.63, 3.8) is 0 Å². The first-order chi connectivity index (χ1) is 13.1. The van der Waals surface area contributed by atoms with Crippen LogP contribution in [-0.2, 0) is 11.3 Å². The molecule has 2 aromatic heterocycles. The Labute approximate surface area is 164 Å². The van der Waals surface area contributed by atoms with Gasteiger partial charge in [0.1, 0.15) is 6.04 Å². The van der Waals surface area contributed by atoms with E-state index in [0.717, 1.165) is 22.2 Å². The standard InChI is InChI=1S/C18H16ClN5O2S/c1-10-3-2-4-12(14(10)19)18(25)24-11-7-23-15(13(24)9-26-8-11)21-22-16(23)17-20-5-6-27-17/h2-6,11,13H,7-9H2,1H3/t11-,13-/m1/s1. The lowest BCUT2D eigenvalue weighted by Gasteiger charge is -2.45. The number of halogens is 1. The van der Waals surface area contributed by atoms with E-state index < -0.39 is 0 Å². The van der Waals surface area contributed by atoms with Crippen molar-refractivity contribution in [2.24, 2.45) is 0 Å². The van der Waals surface area contributed by atoms with Crippen molar-refractivity contribution < 1.29 is 9.53 Å². The lowest BCUT2D eigenvalue weighted by molar-refractivity contribution is -0.0569. The SMILES string of the molecule is Cc1cccc(C(=O)N2[C@H]3COC[C@@H]2c2nnc(-c4nccs4)n2C3)c1Cl. The number of ether oxygens (including phenoxy) is 1. The monoisotopic (exact) mass is 401 g/mol. The molecule has 0 saturated carbocycles. The van der Waals surface area contributed by atoms with Crippen molar-refractivity contribution in [2.75, 3.05) is 13.2 Å². The van der Waals surface area contributed by atoms with Gasteiger partial charge in [-0.15, -0.1) is 21.5 Å². The molecule has 2 bridgehead atoms. The molecule has 2 aliphatic rings. The third-order valence-electron chi connectivity index (χ3n) is 5.07. The molecule has 0 spiro atoms. The first kappa shape index (κ1) is 16.9. The maximum absolute atomic E-state index is 13.3. The van der Waals surface area contributed by atoms with Crippen LogP contribution >= 0.6 is 22.9 Å². The molecular formula is C18H16ClN5O2S. The number of aromatic nitrogens is 4. The highest BCUT2D eigenvalue weighted by atomic mass is 35.5. The zero-order valence-corrected chi connectivity index (χ0v) is 16.1. The fourth-order valence-corrected chi connectivity index (χ4v) is 4.61. The predicted octanol–water partition coefficient (Wildman–Crippen LogP) is 2.96. The van der Waals surface area contributed by atoms with Crippen molar-refractivity contribution in [3.8, 4) is 10.8 Å². The molecular weight excluding hydrogens is 386 g/mol. The van der Waals surface area contributed by atoms with Crippen LogP contribution in [0.1, 0.15) is 27.8 Å². The van der Waals surface area contributed by atoms with Crippen LogP contribution in [-0.4, -0.2) is 49.8 Å². The van der Waals surface area contributed by atoms with Crippen LogP contribution < -0.4 is 0 Å². The molecule has 5 rings (SSSR count). The third kappa shape index (κ3) is 2.59. The van der Waals surface area contributed by atoms with E-state index in [2.05, 4.69) is 19.7 Å². The van der Waals surface area contributed by atoms with Crippen molar-refractivity contribution in [1.29, 1.82) is 0 Å². The lowest BCUT2D eigenvalue weighted by Crippen LogP contribution is -2.56.